The molecule has 0 spiro atoms. The summed E-state index contributed by atoms with van der Waals surface area (Å²) in [6.07, 6.45) is 5.06. The molecule has 0 aromatic carbocycles. The standard InChI is InChI=1S/C21H29N3O4/c1-6-14-9-10-24(20(25)28-21(2,3)4)13-16(14)19-23-12-17(27-19)15-7-8-18(26-5)22-11-15/h7-8,11-12,14,16H,6,9-10,13H2,1-5H3. The van der Waals surface area contributed by atoms with Gasteiger partial charge in [-0.1, -0.05) is 13.3 Å². The summed E-state index contributed by atoms with van der Waals surface area (Å²) in [6, 6.07) is 3.68. The molecule has 28 heavy (non-hydrogen) atoms. The molecular formula is C21H29N3O4. The van der Waals surface area contributed by atoms with E-state index >= 15 is 0 Å². The molecule has 3 heterocycles. The van der Waals surface area contributed by atoms with Gasteiger partial charge in [0.2, 0.25) is 5.88 Å². The number of carbonyl (C=O) groups excluding carboxylic acids is 1. The Morgan fingerprint density at radius 3 is 2.68 bits per heavy atom. The average molecular weight is 387 g/mol. The van der Waals surface area contributed by atoms with Gasteiger partial charge in [-0.05, 0) is 39.2 Å². The number of carbonyl (C=O) groups is 1. The fourth-order valence-corrected chi connectivity index (χ4v) is 3.50. The molecule has 1 saturated heterocycles. The summed E-state index contributed by atoms with van der Waals surface area (Å²) in [5, 5.41) is 0. The number of methoxy groups -OCH3 is 1. The van der Waals surface area contributed by atoms with Crippen molar-refractivity contribution in [2.24, 2.45) is 5.92 Å². The van der Waals surface area contributed by atoms with Crippen LogP contribution in [0.5, 0.6) is 5.88 Å². The maximum Gasteiger partial charge on any atom is 0.410 e. The van der Waals surface area contributed by atoms with Gasteiger partial charge in [-0.15, -0.1) is 0 Å². The van der Waals surface area contributed by atoms with E-state index < -0.39 is 5.60 Å². The van der Waals surface area contributed by atoms with Crippen LogP contribution in [0.25, 0.3) is 11.3 Å². The summed E-state index contributed by atoms with van der Waals surface area (Å²) >= 11 is 0. The molecule has 0 bridgehead atoms. The first-order chi connectivity index (χ1) is 13.3. The fraction of sp³-hybridized carbons (Fsp3) is 0.571. The highest BCUT2D eigenvalue weighted by molar-refractivity contribution is 5.68. The van der Waals surface area contributed by atoms with E-state index in [4.69, 9.17) is 13.9 Å². The zero-order valence-electron chi connectivity index (χ0n) is 17.3. The highest BCUT2D eigenvalue weighted by Crippen LogP contribution is 2.36. The molecule has 0 saturated carbocycles. The van der Waals surface area contributed by atoms with Crippen molar-refractivity contribution in [1.29, 1.82) is 0 Å². The lowest BCUT2D eigenvalue weighted by molar-refractivity contribution is 0.0142. The van der Waals surface area contributed by atoms with Crippen LogP contribution in [0, 0.1) is 5.92 Å². The summed E-state index contributed by atoms with van der Waals surface area (Å²) in [4.78, 5) is 23.0. The molecular weight excluding hydrogens is 358 g/mol. The minimum absolute atomic E-state index is 0.0474. The zero-order valence-corrected chi connectivity index (χ0v) is 17.3. The monoisotopic (exact) mass is 387 g/mol. The van der Waals surface area contributed by atoms with Crippen molar-refractivity contribution in [1.82, 2.24) is 14.9 Å². The Hall–Kier alpha value is -2.57. The number of oxazole rings is 1. The second-order valence-electron chi connectivity index (χ2n) is 8.14. The topological polar surface area (TPSA) is 77.7 Å². The molecule has 152 valence electrons. The van der Waals surface area contributed by atoms with Gasteiger partial charge >= 0.3 is 6.09 Å². The molecule has 7 nitrogen and oxygen atoms in total. The molecule has 0 radical (unpaired) electrons. The Kier molecular flexibility index (Phi) is 5.91. The quantitative estimate of drug-likeness (QED) is 0.769. The van der Waals surface area contributed by atoms with Crippen LogP contribution < -0.4 is 4.74 Å². The van der Waals surface area contributed by atoms with Gasteiger partial charge in [0.1, 0.15) is 5.60 Å². The van der Waals surface area contributed by atoms with Gasteiger partial charge in [0.05, 0.1) is 19.2 Å². The van der Waals surface area contributed by atoms with E-state index in [0.717, 1.165) is 18.4 Å². The number of nitrogens with zero attached hydrogens (tertiary/aromatic N) is 3. The lowest BCUT2D eigenvalue weighted by Crippen LogP contribution is -2.45. The summed E-state index contributed by atoms with van der Waals surface area (Å²) < 4.78 is 16.7. The van der Waals surface area contributed by atoms with Crippen LogP contribution >= 0.6 is 0 Å². The van der Waals surface area contributed by atoms with Crippen LogP contribution in [0.15, 0.2) is 28.9 Å². The predicted molar refractivity (Wildman–Crippen MR) is 105 cm³/mol. The van der Waals surface area contributed by atoms with Crippen molar-refractivity contribution in [3.8, 4) is 17.2 Å². The van der Waals surface area contributed by atoms with Crippen LogP contribution in [-0.2, 0) is 4.74 Å². The fourth-order valence-electron chi connectivity index (χ4n) is 3.50. The minimum atomic E-state index is -0.508. The molecule has 3 rings (SSSR count). The highest BCUT2D eigenvalue weighted by atomic mass is 16.6. The molecule has 0 aliphatic carbocycles. The number of pyridine rings is 1. The number of rotatable bonds is 4. The Labute approximate surface area is 166 Å². The number of hydrogen-bond acceptors (Lipinski definition) is 6. The van der Waals surface area contributed by atoms with E-state index in [2.05, 4.69) is 16.9 Å². The Morgan fingerprint density at radius 2 is 2.07 bits per heavy atom. The van der Waals surface area contributed by atoms with Crippen molar-refractivity contribution in [2.75, 3.05) is 20.2 Å². The molecule has 7 heteroatoms. The van der Waals surface area contributed by atoms with Crippen LogP contribution in [0.1, 0.15) is 52.3 Å². The van der Waals surface area contributed by atoms with E-state index in [1.807, 2.05) is 26.8 Å². The zero-order chi connectivity index (χ0) is 20.3. The van der Waals surface area contributed by atoms with Crippen LogP contribution in [-0.4, -0.2) is 46.8 Å². The van der Waals surface area contributed by atoms with E-state index in [1.165, 1.54) is 0 Å². The summed E-state index contributed by atoms with van der Waals surface area (Å²) in [6.45, 7) is 9.05. The maximum absolute atomic E-state index is 12.5. The highest BCUT2D eigenvalue weighted by Gasteiger charge is 2.36. The first-order valence-corrected chi connectivity index (χ1v) is 9.74. The smallest absolute Gasteiger partial charge is 0.410 e. The van der Waals surface area contributed by atoms with Crippen molar-refractivity contribution < 1.29 is 18.7 Å². The maximum atomic E-state index is 12.5. The van der Waals surface area contributed by atoms with Crippen molar-refractivity contribution >= 4 is 6.09 Å². The van der Waals surface area contributed by atoms with Gasteiger partial charge in [0.15, 0.2) is 11.7 Å². The van der Waals surface area contributed by atoms with Crippen molar-refractivity contribution in [2.45, 2.75) is 52.1 Å². The number of aromatic nitrogens is 2. The molecule has 2 atom stereocenters. The molecule has 1 fully saturated rings. The van der Waals surface area contributed by atoms with Gasteiger partial charge in [-0.3, -0.25) is 0 Å². The third-order valence-corrected chi connectivity index (χ3v) is 5.00. The number of likely N-dealkylation sites (tertiary alicyclic amines) is 1. The van der Waals surface area contributed by atoms with Crippen molar-refractivity contribution in [3.05, 3.63) is 30.4 Å². The third-order valence-electron chi connectivity index (χ3n) is 5.00. The van der Waals surface area contributed by atoms with Gasteiger partial charge in [0, 0.05) is 30.9 Å². The molecule has 2 unspecified atom stereocenters. The second kappa shape index (κ2) is 8.20. The second-order valence-corrected chi connectivity index (χ2v) is 8.14. The van der Waals surface area contributed by atoms with Gasteiger partial charge < -0.3 is 18.8 Å². The molecule has 2 aromatic heterocycles. The number of hydrogen-bond donors (Lipinski definition) is 0. The van der Waals surface area contributed by atoms with E-state index in [0.29, 0.717) is 36.5 Å². The lowest BCUT2D eigenvalue weighted by atomic mass is 9.83. The average Bonchev–Trinajstić information content (AvgIpc) is 3.16. The number of piperidine rings is 1. The summed E-state index contributed by atoms with van der Waals surface area (Å²) in [5.74, 6) is 2.33. The van der Waals surface area contributed by atoms with Gasteiger partial charge in [0.25, 0.3) is 0 Å². The first kappa shape index (κ1) is 20.2. The molecule has 0 N–H and O–H groups in total. The normalized spacial score (nSPS) is 20.1. The molecule has 1 aliphatic rings. The Balaban J connectivity index is 1.77. The van der Waals surface area contributed by atoms with Gasteiger partial charge in [-0.2, -0.15) is 0 Å². The van der Waals surface area contributed by atoms with E-state index in [-0.39, 0.29) is 12.0 Å². The largest absolute Gasteiger partial charge is 0.481 e. The van der Waals surface area contributed by atoms with Crippen LogP contribution in [0.2, 0.25) is 0 Å². The minimum Gasteiger partial charge on any atom is -0.481 e. The molecule has 1 aliphatic heterocycles. The van der Waals surface area contributed by atoms with E-state index in [1.54, 1.807) is 30.5 Å². The molecule has 1 amide bonds. The predicted octanol–water partition coefficient (Wildman–Crippen LogP) is 4.50. The number of ether oxygens (including phenoxy) is 2. The SMILES string of the molecule is CCC1CCN(C(=O)OC(C)(C)C)CC1c1ncc(-c2ccc(OC)nc2)o1. The van der Waals surface area contributed by atoms with Crippen molar-refractivity contribution in [3.63, 3.8) is 0 Å². The Bertz CT molecular complexity index is 795. The number of amides is 1. The van der Waals surface area contributed by atoms with Gasteiger partial charge in [-0.25, -0.2) is 14.8 Å². The molecule has 2 aromatic rings. The first-order valence-electron chi connectivity index (χ1n) is 9.74. The summed E-state index contributed by atoms with van der Waals surface area (Å²) in [7, 11) is 1.58. The van der Waals surface area contributed by atoms with Crippen LogP contribution in [0.3, 0.4) is 0 Å². The van der Waals surface area contributed by atoms with E-state index in [9.17, 15) is 4.79 Å². The Morgan fingerprint density at radius 1 is 1.29 bits per heavy atom. The third kappa shape index (κ3) is 4.64. The summed E-state index contributed by atoms with van der Waals surface area (Å²) in [5.41, 5.74) is 0.332. The lowest BCUT2D eigenvalue weighted by Gasteiger charge is -2.37. The van der Waals surface area contributed by atoms with Crippen LogP contribution in [0.4, 0.5) is 4.79 Å².